The van der Waals surface area contributed by atoms with Crippen molar-refractivity contribution in [3.63, 3.8) is 0 Å². The van der Waals surface area contributed by atoms with E-state index in [9.17, 15) is 9.59 Å². The summed E-state index contributed by atoms with van der Waals surface area (Å²) in [7, 11) is 2.94. The first-order valence-electron chi connectivity index (χ1n) is 6.27. The van der Waals surface area contributed by atoms with Gasteiger partial charge in [0.05, 0.1) is 14.2 Å². The highest BCUT2D eigenvalue weighted by Crippen LogP contribution is 2.44. The number of benzene rings is 2. The van der Waals surface area contributed by atoms with Gasteiger partial charge in [-0.05, 0) is 12.1 Å². The summed E-state index contributed by atoms with van der Waals surface area (Å²) in [5, 5.41) is 0. The number of aliphatic imine (C=N–C) groups is 2. The van der Waals surface area contributed by atoms with Gasteiger partial charge in [0.1, 0.15) is 22.9 Å². The highest BCUT2D eigenvalue weighted by atomic mass is 16.5. The van der Waals surface area contributed by atoms with Crippen LogP contribution >= 0.6 is 0 Å². The van der Waals surface area contributed by atoms with Gasteiger partial charge in [0, 0.05) is 11.1 Å². The average molecular weight is 296 g/mol. The first-order chi connectivity index (χ1) is 10.8. The maximum absolute atomic E-state index is 10.7. The predicted molar refractivity (Wildman–Crippen MR) is 80.5 cm³/mol. The van der Waals surface area contributed by atoms with Crippen LogP contribution in [0.4, 0.5) is 11.4 Å². The molecule has 6 heteroatoms. The van der Waals surface area contributed by atoms with Crippen LogP contribution in [-0.4, -0.2) is 26.4 Å². The van der Waals surface area contributed by atoms with Crippen molar-refractivity contribution >= 4 is 23.5 Å². The molecule has 0 N–H and O–H groups in total. The number of carbonyl (C=O) groups excluding carboxylic acids is 2. The van der Waals surface area contributed by atoms with Crippen molar-refractivity contribution in [2.24, 2.45) is 9.98 Å². The molecular weight excluding hydrogens is 284 g/mol. The maximum Gasteiger partial charge on any atom is 0.240 e. The van der Waals surface area contributed by atoms with Crippen LogP contribution < -0.4 is 9.47 Å². The fourth-order valence-electron chi connectivity index (χ4n) is 2.13. The van der Waals surface area contributed by atoms with Crippen LogP contribution in [0.5, 0.6) is 11.5 Å². The summed E-state index contributed by atoms with van der Waals surface area (Å²) in [5.74, 6) is 0.814. The Kier molecular flexibility index (Phi) is 4.83. The number of nitrogens with zero attached hydrogens (tertiary/aromatic N) is 2. The maximum atomic E-state index is 10.7. The molecule has 0 aromatic heterocycles. The Morgan fingerprint density at radius 3 is 1.50 bits per heavy atom. The molecule has 0 amide bonds. The Bertz CT molecular complexity index is 721. The van der Waals surface area contributed by atoms with Crippen LogP contribution in [0, 0.1) is 0 Å². The van der Waals surface area contributed by atoms with E-state index >= 15 is 0 Å². The molecular formula is C16H12N2O4. The number of ether oxygens (including phenoxy) is 2. The fraction of sp³-hybridized carbons (Fsp3) is 0.125. The zero-order valence-corrected chi connectivity index (χ0v) is 12.0. The van der Waals surface area contributed by atoms with E-state index in [1.54, 1.807) is 36.4 Å². The Labute approximate surface area is 126 Å². The minimum Gasteiger partial charge on any atom is -0.494 e. The zero-order valence-electron chi connectivity index (χ0n) is 12.0. The summed E-state index contributed by atoms with van der Waals surface area (Å²) in [6, 6.07) is 10.3. The molecule has 0 aliphatic heterocycles. The molecule has 2 aromatic rings. The molecule has 0 heterocycles. The minimum absolute atomic E-state index is 0.301. The molecule has 0 spiro atoms. The van der Waals surface area contributed by atoms with Gasteiger partial charge in [0.2, 0.25) is 12.2 Å². The number of para-hydroxylation sites is 2. The normalized spacial score (nSPS) is 9.36. The Hall–Kier alpha value is -3.20. The number of isocyanates is 2. The van der Waals surface area contributed by atoms with Crippen LogP contribution in [0.1, 0.15) is 0 Å². The summed E-state index contributed by atoms with van der Waals surface area (Å²) in [6.07, 6.45) is 3.01. The van der Waals surface area contributed by atoms with E-state index in [1.165, 1.54) is 26.4 Å². The van der Waals surface area contributed by atoms with Crippen LogP contribution in [0.2, 0.25) is 0 Å². The lowest BCUT2D eigenvalue weighted by Gasteiger charge is -2.12. The molecule has 6 nitrogen and oxygen atoms in total. The van der Waals surface area contributed by atoms with Gasteiger partial charge in [0.15, 0.2) is 0 Å². The lowest BCUT2D eigenvalue weighted by Crippen LogP contribution is -1.89. The monoisotopic (exact) mass is 296 g/mol. The molecule has 0 aliphatic carbocycles. The number of hydrogen-bond donors (Lipinski definition) is 0. The minimum atomic E-state index is 0.301. The summed E-state index contributed by atoms with van der Waals surface area (Å²) >= 11 is 0. The second-order valence-electron chi connectivity index (χ2n) is 4.12. The Morgan fingerprint density at radius 1 is 0.773 bits per heavy atom. The highest BCUT2D eigenvalue weighted by Gasteiger charge is 2.16. The third-order valence-corrected chi connectivity index (χ3v) is 3.04. The first kappa shape index (κ1) is 15.2. The second kappa shape index (κ2) is 6.99. The van der Waals surface area contributed by atoms with Crippen molar-refractivity contribution in [2.75, 3.05) is 14.2 Å². The SMILES string of the molecule is COc1cccc(-c2cccc(OC)c2N=C=O)c1N=C=O. The van der Waals surface area contributed by atoms with Crippen molar-refractivity contribution in [2.45, 2.75) is 0 Å². The number of hydrogen-bond acceptors (Lipinski definition) is 6. The standard InChI is InChI=1S/C16H12N2O4/c1-21-13-7-3-5-11(15(13)17-9-19)12-6-4-8-14(22-2)16(12)18-10-20/h3-8H,1-2H3. The molecule has 0 saturated heterocycles. The van der Waals surface area contributed by atoms with Gasteiger partial charge in [-0.1, -0.05) is 24.3 Å². The quantitative estimate of drug-likeness (QED) is 0.626. The predicted octanol–water partition coefficient (Wildman–Crippen LogP) is 3.31. The third-order valence-electron chi connectivity index (χ3n) is 3.04. The first-order valence-corrected chi connectivity index (χ1v) is 6.27. The smallest absolute Gasteiger partial charge is 0.240 e. The fourth-order valence-corrected chi connectivity index (χ4v) is 2.13. The van der Waals surface area contributed by atoms with E-state index in [0.29, 0.717) is 34.0 Å². The largest absolute Gasteiger partial charge is 0.494 e. The van der Waals surface area contributed by atoms with Crippen LogP contribution in [0.25, 0.3) is 11.1 Å². The lowest BCUT2D eigenvalue weighted by atomic mass is 10.0. The highest BCUT2D eigenvalue weighted by molar-refractivity contribution is 5.89. The molecule has 2 rings (SSSR count). The second-order valence-corrected chi connectivity index (χ2v) is 4.12. The molecule has 0 atom stereocenters. The van der Waals surface area contributed by atoms with Crippen molar-refractivity contribution < 1.29 is 19.1 Å². The van der Waals surface area contributed by atoms with E-state index in [2.05, 4.69) is 9.98 Å². The molecule has 22 heavy (non-hydrogen) atoms. The molecule has 0 fully saturated rings. The zero-order chi connectivity index (χ0) is 15.9. The van der Waals surface area contributed by atoms with Gasteiger partial charge in [-0.15, -0.1) is 0 Å². The third kappa shape index (κ3) is 2.79. The van der Waals surface area contributed by atoms with Gasteiger partial charge >= 0.3 is 0 Å². The van der Waals surface area contributed by atoms with E-state index in [1.807, 2.05) is 0 Å². The van der Waals surface area contributed by atoms with Gasteiger partial charge in [-0.25, -0.2) is 9.59 Å². The topological polar surface area (TPSA) is 77.3 Å². The number of methoxy groups -OCH3 is 2. The molecule has 0 unspecified atom stereocenters. The summed E-state index contributed by atoms with van der Waals surface area (Å²) in [4.78, 5) is 28.8. The Balaban J connectivity index is 2.82. The van der Waals surface area contributed by atoms with E-state index in [4.69, 9.17) is 9.47 Å². The van der Waals surface area contributed by atoms with Gasteiger partial charge < -0.3 is 9.47 Å². The lowest BCUT2D eigenvalue weighted by molar-refractivity contribution is 0.415. The molecule has 2 aromatic carbocycles. The van der Waals surface area contributed by atoms with Crippen LogP contribution in [0.3, 0.4) is 0 Å². The summed E-state index contributed by atoms with van der Waals surface area (Å²) in [5.41, 5.74) is 1.73. The molecule has 0 aliphatic rings. The molecule has 0 saturated carbocycles. The van der Waals surface area contributed by atoms with Gasteiger partial charge in [0.25, 0.3) is 0 Å². The van der Waals surface area contributed by atoms with Crippen LogP contribution in [0.15, 0.2) is 46.4 Å². The number of rotatable bonds is 5. The summed E-state index contributed by atoms with van der Waals surface area (Å²) in [6.45, 7) is 0. The van der Waals surface area contributed by atoms with E-state index < -0.39 is 0 Å². The molecule has 0 radical (unpaired) electrons. The van der Waals surface area contributed by atoms with Crippen LogP contribution in [-0.2, 0) is 9.59 Å². The molecule has 0 bridgehead atoms. The summed E-state index contributed by atoms with van der Waals surface area (Å²) < 4.78 is 10.4. The van der Waals surface area contributed by atoms with Crippen molar-refractivity contribution in [1.82, 2.24) is 0 Å². The van der Waals surface area contributed by atoms with Crippen molar-refractivity contribution in [3.8, 4) is 22.6 Å². The van der Waals surface area contributed by atoms with E-state index in [-0.39, 0.29) is 0 Å². The molecule has 110 valence electrons. The van der Waals surface area contributed by atoms with Crippen molar-refractivity contribution in [1.29, 1.82) is 0 Å². The van der Waals surface area contributed by atoms with Gasteiger partial charge in [-0.2, -0.15) is 9.98 Å². The van der Waals surface area contributed by atoms with Crippen molar-refractivity contribution in [3.05, 3.63) is 36.4 Å². The van der Waals surface area contributed by atoms with Gasteiger partial charge in [-0.3, -0.25) is 0 Å². The van der Waals surface area contributed by atoms with E-state index in [0.717, 1.165) is 0 Å². The Morgan fingerprint density at radius 2 is 1.18 bits per heavy atom. The average Bonchev–Trinajstić information content (AvgIpc) is 2.56.